The van der Waals surface area contributed by atoms with E-state index in [-0.39, 0.29) is 5.91 Å². The zero-order valence-corrected chi connectivity index (χ0v) is 11.4. The van der Waals surface area contributed by atoms with Crippen LogP contribution in [-0.2, 0) is 11.8 Å². The molecule has 0 aliphatic heterocycles. The topological polar surface area (TPSA) is 82.2 Å². The van der Waals surface area contributed by atoms with Crippen molar-refractivity contribution < 1.29 is 9.53 Å². The molecule has 6 nitrogen and oxygen atoms in total. The van der Waals surface area contributed by atoms with Crippen LogP contribution in [0.1, 0.15) is 42.5 Å². The van der Waals surface area contributed by atoms with Crippen LogP contribution in [0.25, 0.3) is 0 Å². The van der Waals surface area contributed by atoms with E-state index in [1.54, 1.807) is 7.05 Å². The van der Waals surface area contributed by atoms with Crippen molar-refractivity contribution in [3.05, 3.63) is 11.8 Å². The zero-order valence-electron chi connectivity index (χ0n) is 11.4. The highest BCUT2D eigenvalue weighted by Gasteiger charge is 2.15. The van der Waals surface area contributed by atoms with Gasteiger partial charge in [-0.1, -0.05) is 19.3 Å². The van der Waals surface area contributed by atoms with Gasteiger partial charge in [0.15, 0.2) is 0 Å². The molecule has 1 aliphatic carbocycles. The molecule has 2 rings (SSSR count). The Labute approximate surface area is 113 Å². The van der Waals surface area contributed by atoms with E-state index in [1.807, 2.05) is 0 Å². The molecule has 6 heteroatoms. The molecule has 1 amide bonds. The first-order chi connectivity index (χ1) is 9.18. The van der Waals surface area contributed by atoms with Crippen LogP contribution in [0.5, 0.6) is 0 Å². The van der Waals surface area contributed by atoms with Gasteiger partial charge in [0.25, 0.3) is 5.91 Å². The molecule has 1 heterocycles. The van der Waals surface area contributed by atoms with Gasteiger partial charge in [0.2, 0.25) is 0 Å². The van der Waals surface area contributed by atoms with Crippen LogP contribution in [0.15, 0.2) is 6.20 Å². The van der Waals surface area contributed by atoms with E-state index < -0.39 is 0 Å². The molecule has 1 fully saturated rings. The number of ether oxygens (including phenoxy) is 1. The predicted octanol–water partition coefficient (Wildman–Crippen LogP) is 1.08. The van der Waals surface area contributed by atoms with Crippen LogP contribution in [0.3, 0.4) is 0 Å². The lowest BCUT2D eigenvalue weighted by Gasteiger charge is -2.21. The summed E-state index contributed by atoms with van der Waals surface area (Å²) in [5.74, 6) is 0.184. The number of nitrogen functional groups attached to an aromatic ring is 1. The Hall–Kier alpha value is -1.56. The standard InChI is InChI=1S/C13H22N4O2/c1-17-12(14)11(9-16-17)13(18)15-7-8-19-10-5-3-2-4-6-10/h9-10H,2-8,14H2,1H3,(H,15,18). The van der Waals surface area contributed by atoms with Gasteiger partial charge >= 0.3 is 0 Å². The first-order valence-corrected chi connectivity index (χ1v) is 6.85. The zero-order chi connectivity index (χ0) is 13.7. The number of nitrogens with two attached hydrogens (primary N) is 1. The highest BCUT2D eigenvalue weighted by atomic mass is 16.5. The van der Waals surface area contributed by atoms with Crippen LogP contribution in [0.4, 0.5) is 5.82 Å². The van der Waals surface area contributed by atoms with Gasteiger partial charge in [0.1, 0.15) is 11.4 Å². The molecule has 1 aliphatic rings. The minimum atomic E-state index is -0.196. The van der Waals surface area contributed by atoms with Gasteiger partial charge in [-0.15, -0.1) is 0 Å². The largest absolute Gasteiger partial charge is 0.383 e. The summed E-state index contributed by atoms with van der Waals surface area (Å²) in [6.07, 6.45) is 7.96. The normalized spacial score (nSPS) is 16.5. The van der Waals surface area contributed by atoms with E-state index in [0.29, 0.717) is 30.6 Å². The van der Waals surface area contributed by atoms with Gasteiger partial charge in [-0.3, -0.25) is 9.48 Å². The maximum Gasteiger partial charge on any atom is 0.256 e. The van der Waals surface area contributed by atoms with Crippen molar-refractivity contribution in [2.45, 2.75) is 38.2 Å². The van der Waals surface area contributed by atoms with Gasteiger partial charge in [-0.25, -0.2) is 0 Å². The van der Waals surface area contributed by atoms with Crippen molar-refractivity contribution in [3.8, 4) is 0 Å². The van der Waals surface area contributed by atoms with Crippen LogP contribution < -0.4 is 11.1 Å². The van der Waals surface area contributed by atoms with Gasteiger partial charge in [0, 0.05) is 13.6 Å². The van der Waals surface area contributed by atoms with Crippen molar-refractivity contribution in [2.24, 2.45) is 7.05 Å². The van der Waals surface area contributed by atoms with Gasteiger partial charge in [-0.2, -0.15) is 5.10 Å². The minimum absolute atomic E-state index is 0.196. The maximum atomic E-state index is 11.8. The molecule has 106 valence electrons. The third-order valence-corrected chi connectivity index (χ3v) is 3.52. The number of hydrogen-bond acceptors (Lipinski definition) is 4. The van der Waals surface area contributed by atoms with E-state index in [4.69, 9.17) is 10.5 Å². The maximum absolute atomic E-state index is 11.8. The number of carbonyl (C=O) groups excluding carboxylic acids is 1. The van der Waals surface area contributed by atoms with Crippen LogP contribution in [0, 0.1) is 0 Å². The summed E-state index contributed by atoms with van der Waals surface area (Å²) in [6, 6.07) is 0. The molecule has 0 bridgehead atoms. The monoisotopic (exact) mass is 266 g/mol. The quantitative estimate of drug-likeness (QED) is 0.781. The summed E-state index contributed by atoms with van der Waals surface area (Å²) in [7, 11) is 1.71. The lowest BCUT2D eigenvalue weighted by atomic mass is 9.98. The van der Waals surface area contributed by atoms with Gasteiger partial charge in [0.05, 0.1) is 18.9 Å². The smallest absolute Gasteiger partial charge is 0.256 e. The van der Waals surface area contributed by atoms with Crippen molar-refractivity contribution in [2.75, 3.05) is 18.9 Å². The third kappa shape index (κ3) is 3.70. The molecule has 19 heavy (non-hydrogen) atoms. The molecule has 1 aromatic heterocycles. The van der Waals surface area contributed by atoms with Crippen LogP contribution >= 0.6 is 0 Å². The number of nitrogens with zero attached hydrogens (tertiary/aromatic N) is 2. The molecular weight excluding hydrogens is 244 g/mol. The highest BCUT2D eigenvalue weighted by Crippen LogP contribution is 2.19. The fourth-order valence-corrected chi connectivity index (χ4v) is 2.34. The molecule has 0 saturated heterocycles. The van der Waals surface area contributed by atoms with Crippen molar-refractivity contribution >= 4 is 11.7 Å². The minimum Gasteiger partial charge on any atom is -0.383 e. The average Bonchev–Trinajstić information content (AvgIpc) is 2.76. The lowest BCUT2D eigenvalue weighted by molar-refractivity contribution is 0.0299. The molecule has 0 spiro atoms. The Morgan fingerprint density at radius 3 is 2.89 bits per heavy atom. The van der Waals surface area contributed by atoms with Gasteiger partial charge < -0.3 is 15.8 Å². The molecule has 0 atom stereocenters. The molecule has 1 saturated carbocycles. The number of carbonyl (C=O) groups is 1. The van der Waals surface area contributed by atoms with E-state index >= 15 is 0 Å². The average molecular weight is 266 g/mol. The summed E-state index contributed by atoms with van der Waals surface area (Å²) in [5, 5.41) is 6.73. The summed E-state index contributed by atoms with van der Waals surface area (Å²) in [6.45, 7) is 1.06. The molecule has 0 radical (unpaired) electrons. The summed E-state index contributed by atoms with van der Waals surface area (Å²) in [5.41, 5.74) is 6.15. The molecule has 3 N–H and O–H groups in total. The van der Waals surface area contributed by atoms with E-state index in [9.17, 15) is 4.79 Å². The predicted molar refractivity (Wildman–Crippen MR) is 72.8 cm³/mol. The Bertz CT molecular complexity index is 424. The fraction of sp³-hybridized carbons (Fsp3) is 0.692. The van der Waals surface area contributed by atoms with E-state index in [2.05, 4.69) is 10.4 Å². The number of aryl methyl sites for hydroxylation is 1. The molecular formula is C13H22N4O2. The van der Waals surface area contributed by atoms with Crippen molar-refractivity contribution in [1.29, 1.82) is 0 Å². The van der Waals surface area contributed by atoms with Crippen molar-refractivity contribution in [3.63, 3.8) is 0 Å². The van der Waals surface area contributed by atoms with Crippen LogP contribution in [-0.4, -0.2) is 34.9 Å². The number of amides is 1. The molecule has 0 unspecified atom stereocenters. The van der Waals surface area contributed by atoms with E-state index in [0.717, 1.165) is 12.8 Å². The van der Waals surface area contributed by atoms with E-state index in [1.165, 1.54) is 30.1 Å². The molecule has 1 aromatic rings. The number of hydrogen-bond donors (Lipinski definition) is 2. The molecule has 0 aromatic carbocycles. The summed E-state index contributed by atoms with van der Waals surface area (Å²) >= 11 is 0. The second-order valence-corrected chi connectivity index (χ2v) is 4.95. The van der Waals surface area contributed by atoms with Crippen LogP contribution in [0.2, 0.25) is 0 Å². The van der Waals surface area contributed by atoms with Crippen molar-refractivity contribution in [1.82, 2.24) is 15.1 Å². The SMILES string of the molecule is Cn1ncc(C(=O)NCCOC2CCCCC2)c1N. The first kappa shape index (κ1) is 13.9. The Morgan fingerprint density at radius 1 is 1.53 bits per heavy atom. The third-order valence-electron chi connectivity index (χ3n) is 3.52. The Balaban J connectivity index is 1.68. The summed E-state index contributed by atoms with van der Waals surface area (Å²) < 4.78 is 7.22. The first-order valence-electron chi connectivity index (χ1n) is 6.85. The Kier molecular flexibility index (Phi) is 4.79. The number of anilines is 1. The number of nitrogens with one attached hydrogen (secondary N) is 1. The fourth-order valence-electron chi connectivity index (χ4n) is 2.34. The number of aromatic nitrogens is 2. The van der Waals surface area contributed by atoms with Gasteiger partial charge in [-0.05, 0) is 12.8 Å². The lowest BCUT2D eigenvalue weighted by Crippen LogP contribution is -2.29. The second-order valence-electron chi connectivity index (χ2n) is 4.95. The summed E-state index contributed by atoms with van der Waals surface area (Å²) in [4.78, 5) is 11.8. The number of rotatable bonds is 5. The second kappa shape index (κ2) is 6.56. The highest BCUT2D eigenvalue weighted by molar-refractivity contribution is 5.98. The Morgan fingerprint density at radius 2 is 2.26 bits per heavy atom.